The van der Waals surface area contributed by atoms with E-state index in [9.17, 15) is 0 Å². The molecule has 3 nitrogen and oxygen atoms in total. The summed E-state index contributed by atoms with van der Waals surface area (Å²) < 4.78 is 6.46. The number of hydrogen-bond acceptors (Lipinski definition) is 3. The number of furan rings is 1. The Labute approximate surface area is 319 Å². The van der Waals surface area contributed by atoms with E-state index in [0.29, 0.717) is 0 Å². The van der Waals surface area contributed by atoms with Gasteiger partial charge in [-0.1, -0.05) is 170 Å². The largest absolute Gasteiger partial charge is 0.455 e. The molecule has 0 atom stereocenters. The number of fused-ring (bicyclic) bond motifs is 10. The fourth-order valence-electron chi connectivity index (χ4n) is 8.04. The quantitative estimate of drug-likeness (QED) is 0.0941. The second-order valence-corrected chi connectivity index (χ2v) is 14.0. The fourth-order valence-corrected chi connectivity index (χ4v) is 8.04. The molecular weight excluding hydrogens is 669 g/mol. The first-order valence-corrected chi connectivity index (χ1v) is 18.8. The molecule has 0 spiro atoms. The van der Waals surface area contributed by atoms with E-state index in [4.69, 9.17) is 14.4 Å². The van der Waals surface area contributed by atoms with Gasteiger partial charge in [-0.15, -0.1) is 0 Å². The molecule has 2 aromatic heterocycles. The molecule has 0 saturated carbocycles. The van der Waals surface area contributed by atoms with Gasteiger partial charge in [-0.05, 0) is 58.3 Å². The minimum Gasteiger partial charge on any atom is -0.455 e. The number of hydrogen-bond donors (Lipinski definition) is 0. The molecule has 10 aromatic rings. The molecule has 0 unspecified atom stereocenters. The van der Waals surface area contributed by atoms with Gasteiger partial charge >= 0.3 is 0 Å². The highest BCUT2D eigenvalue weighted by Crippen LogP contribution is 2.41. The predicted octanol–water partition coefficient (Wildman–Crippen LogP) is 14.2. The molecule has 0 aliphatic rings. The van der Waals surface area contributed by atoms with E-state index < -0.39 is 0 Å². The zero-order valence-electron chi connectivity index (χ0n) is 30.4. The van der Waals surface area contributed by atoms with Crippen LogP contribution in [0.25, 0.3) is 81.9 Å². The Morgan fingerprint density at radius 2 is 1.31 bits per heavy atom. The zero-order valence-corrected chi connectivity index (χ0v) is 30.4. The number of rotatable bonds is 7. The third-order valence-corrected chi connectivity index (χ3v) is 10.7. The summed E-state index contributed by atoms with van der Waals surface area (Å²) in [6, 6.07) is 57.6. The van der Waals surface area contributed by atoms with Gasteiger partial charge < -0.3 is 4.42 Å². The Bertz CT molecular complexity index is 3180. The van der Waals surface area contributed by atoms with Crippen molar-refractivity contribution in [1.82, 2.24) is 4.98 Å². The summed E-state index contributed by atoms with van der Waals surface area (Å²) in [6.07, 6.45) is 9.33. The molecule has 260 valence electrons. The number of allylic oxidation sites excluding steroid dienone is 4. The summed E-state index contributed by atoms with van der Waals surface area (Å²) in [6.45, 7) is 2.10. The van der Waals surface area contributed by atoms with Gasteiger partial charge in [-0.2, -0.15) is 0 Å². The van der Waals surface area contributed by atoms with Crippen LogP contribution in [0.3, 0.4) is 0 Å². The van der Waals surface area contributed by atoms with Gasteiger partial charge in [0.2, 0.25) is 0 Å². The Kier molecular flexibility index (Phi) is 8.11. The maximum atomic E-state index is 6.46. The molecule has 2 heterocycles. The third-order valence-electron chi connectivity index (χ3n) is 10.7. The van der Waals surface area contributed by atoms with Gasteiger partial charge in [0.25, 0.3) is 0 Å². The highest BCUT2D eigenvalue weighted by Gasteiger charge is 2.17. The first kappa shape index (κ1) is 32.5. The van der Waals surface area contributed by atoms with Crippen molar-refractivity contribution >= 4 is 82.6 Å². The molecule has 0 radical (unpaired) electrons. The van der Waals surface area contributed by atoms with Gasteiger partial charge in [0, 0.05) is 49.7 Å². The monoisotopic (exact) mass is 704 g/mol. The molecule has 55 heavy (non-hydrogen) atoms. The maximum Gasteiger partial charge on any atom is 0.143 e. The highest BCUT2D eigenvalue weighted by atomic mass is 16.3. The molecule has 8 aromatic carbocycles. The van der Waals surface area contributed by atoms with Crippen molar-refractivity contribution in [3.63, 3.8) is 0 Å². The normalized spacial score (nSPS) is 12.5. The molecule has 0 N–H and O–H groups in total. The van der Waals surface area contributed by atoms with E-state index >= 15 is 0 Å². The lowest BCUT2D eigenvalue weighted by Crippen LogP contribution is -1.95. The smallest absolute Gasteiger partial charge is 0.143 e. The summed E-state index contributed by atoms with van der Waals surface area (Å²) in [5, 5.41) is 10.6. The topological polar surface area (TPSA) is 38.4 Å². The molecule has 0 amide bonds. The van der Waals surface area contributed by atoms with E-state index in [1.165, 1.54) is 32.5 Å². The van der Waals surface area contributed by atoms with Crippen LogP contribution in [0, 0.1) is 0 Å². The Hall–Kier alpha value is -7.10. The highest BCUT2D eigenvalue weighted by molar-refractivity contribution is 6.25. The van der Waals surface area contributed by atoms with E-state index in [1.54, 1.807) is 0 Å². The zero-order chi connectivity index (χ0) is 36.7. The van der Waals surface area contributed by atoms with Crippen molar-refractivity contribution in [3.8, 4) is 11.1 Å². The first-order valence-electron chi connectivity index (χ1n) is 18.8. The minimum absolute atomic E-state index is 0.734. The lowest BCUT2D eigenvalue weighted by atomic mass is 9.93. The van der Waals surface area contributed by atoms with Crippen LogP contribution < -0.4 is 0 Å². The van der Waals surface area contributed by atoms with Crippen LogP contribution in [0.15, 0.2) is 191 Å². The molecule has 0 fully saturated rings. The molecule has 0 aliphatic heterocycles. The minimum atomic E-state index is 0.734. The average Bonchev–Trinajstić information content (AvgIpc) is 3.63. The van der Waals surface area contributed by atoms with Gasteiger partial charge in [0.15, 0.2) is 0 Å². The van der Waals surface area contributed by atoms with Gasteiger partial charge in [0.05, 0.1) is 16.9 Å². The van der Waals surface area contributed by atoms with Crippen LogP contribution in [0.5, 0.6) is 0 Å². The second kappa shape index (κ2) is 13.7. The van der Waals surface area contributed by atoms with Crippen LogP contribution in [-0.2, 0) is 6.42 Å². The molecular formula is C52H36N2O. The van der Waals surface area contributed by atoms with Crippen molar-refractivity contribution < 1.29 is 4.42 Å². The van der Waals surface area contributed by atoms with Crippen LogP contribution >= 0.6 is 0 Å². The van der Waals surface area contributed by atoms with Crippen molar-refractivity contribution in [1.29, 1.82) is 0 Å². The van der Waals surface area contributed by atoms with Crippen molar-refractivity contribution in [2.75, 3.05) is 0 Å². The van der Waals surface area contributed by atoms with Gasteiger partial charge in [-0.3, -0.25) is 4.99 Å². The first-order chi connectivity index (χ1) is 27.2. The van der Waals surface area contributed by atoms with Crippen LogP contribution in [-0.4, -0.2) is 11.2 Å². The Morgan fingerprint density at radius 1 is 0.600 bits per heavy atom. The molecule has 3 heteroatoms. The van der Waals surface area contributed by atoms with E-state index in [1.807, 2.05) is 36.5 Å². The van der Waals surface area contributed by atoms with Crippen molar-refractivity contribution in [3.05, 3.63) is 199 Å². The number of para-hydroxylation sites is 2. The molecule has 0 aliphatic carbocycles. The molecule has 0 saturated heterocycles. The number of aromatic nitrogens is 1. The summed E-state index contributed by atoms with van der Waals surface area (Å²) in [5.74, 6) is 0. The van der Waals surface area contributed by atoms with Crippen LogP contribution in [0.4, 0.5) is 5.69 Å². The fraction of sp³-hybridized carbons (Fsp3) is 0.0385. The Balaban J connectivity index is 1.06. The SMILES string of the molecule is C/C=C(\C=C/Cc1ccc(-c2cccc3c2oc2ccccc23)c(/N=C/c2ccccc2)c1)c1nc2c3ccccc3ccc2c2c1ccc1ccccc12. The van der Waals surface area contributed by atoms with Crippen molar-refractivity contribution in [2.24, 2.45) is 4.99 Å². The van der Waals surface area contributed by atoms with E-state index in [0.717, 1.165) is 78.3 Å². The number of benzene rings is 8. The van der Waals surface area contributed by atoms with Gasteiger partial charge in [-0.25, -0.2) is 4.98 Å². The summed E-state index contributed by atoms with van der Waals surface area (Å²) in [5.41, 5.74) is 10.0. The standard InChI is InChI=1S/C52H36N2O/c1-2-36(50-45-30-27-37-17-6-8-20-39(37)49(45)46-31-28-38-18-7-9-21-40(38)51(46)54-50)19-12-16-34-26-29-41(47(32-34)53-33-35-14-4-3-5-15-35)43-23-13-24-44-42-22-10-11-25-48(42)55-52(43)44/h2-15,17-33H,16H2,1H3/b19-12-,36-2+,53-33+. The summed E-state index contributed by atoms with van der Waals surface area (Å²) in [7, 11) is 0. The number of aliphatic imine (C=N–C) groups is 1. The van der Waals surface area contributed by atoms with Crippen molar-refractivity contribution in [2.45, 2.75) is 13.3 Å². The Morgan fingerprint density at radius 3 is 2.15 bits per heavy atom. The third kappa shape index (κ3) is 5.78. The number of pyridine rings is 1. The molecule has 0 bridgehead atoms. The van der Waals surface area contributed by atoms with Crippen LogP contribution in [0.2, 0.25) is 0 Å². The summed E-state index contributed by atoms with van der Waals surface area (Å²) >= 11 is 0. The lowest BCUT2D eigenvalue weighted by molar-refractivity contribution is 0.670. The molecule has 10 rings (SSSR count). The van der Waals surface area contributed by atoms with E-state index in [-0.39, 0.29) is 0 Å². The average molecular weight is 705 g/mol. The lowest BCUT2D eigenvalue weighted by Gasteiger charge is -2.14. The van der Waals surface area contributed by atoms with Crippen LogP contribution in [0.1, 0.15) is 23.7 Å². The number of nitrogens with zero attached hydrogens (tertiary/aromatic N) is 2. The maximum absolute atomic E-state index is 6.46. The predicted molar refractivity (Wildman–Crippen MR) is 234 cm³/mol. The second-order valence-electron chi connectivity index (χ2n) is 14.0. The van der Waals surface area contributed by atoms with E-state index in [2.05, 4.69) is 159 Å². The summed E-state index contributed by atoms with van der Waals surface area (Å²) in [4.78, 5) is 10.5. The van der Waals surface area contributed by atoms with Gasteiger partial charge in [0.1, 0.15) is 11.2 Å².